The van der Waals surface area contributed by atoms with E-state index in [1.807, 2.05) is 0 Å². The van der Waals surface area contributed by atoms with Crippen molar-refractivity contribution in [3.8, 4) is 0 Å². The topological polar surface area (TPSA) is 115 Å². The number of nitro groups is 2. The highest BCUT2D eigenvalue weighted by Crippen LogP contribution is 2.30. The van der Waals surface area contributed by atoms with E-state index in [2.05, 4.69) is 9.97 Å². The number of imidazole rings is 1. The molecule has 1 N–H and O–H groups in total. The summed E-state index contributed by atoms with van der Waals surface area (Å²) in [4.78, 5) is 25.9. The average Bonchev–Trinajstić information content (AvgIpc) is 2.61. The zero-order chi connectivity index (χ0) is 11.0. The van der Waals surface area contributed by atoms with Gasteiger partial charge in [-0.25, -0.2) is 4.98 Å². The molecule has 0 amide bonds. The van der Waals surface area contributed by atoms with Crippen LogP contribution in [0.3, 0.4) is 0 Å². The van der Waals surface area contributed by atoms with Crippen molar-refractivity contribution in [3.05, 3.63) is 38.7 Å². The minimum Gasteiger partial charge on any atom is -0.344 e. The van der Waals surface area contributed by atoms with Crippen LogP contribution in [0.1, 0.15) is 0 Å². The second-order valence-corrected chi connectivity index (χ2v) is 2.77. The molecule has 2 rings (SSSR count). The van der Waals surface area contributed by atoms with Gasteiger partial charge in [0.2, 0.25) is 0 Å². The van der Waals surface area contributed by atoms with E-state index in [0.717, 1.165) is 12.1 Å². The summed E-state index contributed by atoms with van der Waals surface area (Å²) in [6, 6.07) is 2.17. The van der Waals surface area contributed by atoms with Crippen LogP contribution in [0.5, 0.6) is 0 Å². The third kappa shape index (κ3) is 1.37. The lowest BCUT2D eigenvalue weighted by Gasteiger charge is -1.94. The van der Waals surface area contributed by atoms with Crippen LogP contribution in [0.2, 0.25) is 0 Å². The monoisotopic (exact) mass is 208 g/mol. The van der Waals surface area contributed by atoms with E-state index in [-0.39, 0.29) is 0 Å². The number of hydrogen-bond acceptors (Lipinski definition) is 5. The normalized spacial score (nSPS) is 10.4. The van der Waals surface area contributed by atoms with Gasteiger partial charge in [-0.15, -0.1) is 0 Å². The molecule has 0 bridgehead atoms. The van der Waals surface area contributed by atoms with Crippen LogP contribution in [0.4, 0.5) is 11.4 Å². The predicted octanol–water partition coefficient (Wildman–Crippen LogP) is 1.38. The molecule has 1 aromatic heterocycles. The number of rotatable bonds is 2. The number of fused-ring (bicyclic) bond motifs is 1. The zero-order valence-electron chi connectivity index (χ0n) is 7.21. The van der Waals surface area contributed by atoms with E-state index in [1.54, 1.807) is 0 Å². The summed E-state index contributed by atoms with van der Waals surface area (Å²) in [7, 11) is 0. The SMILES string of the molecule is O=[N+]([O-])c1cc2nc[nH]c2cc1[N+](=O)[O-]. The molecule has 76 valence electrons. The smallest absolute Gasteiger partial charge is 0.344 e. The van der Waals surface area contributed by atoms with Gasteiger partial charge in [-0.05, 0) is 0 Å². The van der Waals surface area contributed by atoms with Crippen molar-refractivity contribution < 1.29 is 9.85 Å². The standard InChI is InChI=1S/C7H4N4O4/c12-10(13)6-1-4-5(9-3-8-4)2-7(6)11(14)15/h1-3H,(H,8,9). The number of nitrogens with zero attached hydrogens (tertiary/aromatic N) is 3. The van der Waals surface area contributed by atoms with Crippen molar-refractivity contribution >= 4 is 22.4 Å². The van der Waals surface area contributed by atoms with Gasteiger partial charge in [0.15, 0.2) is 0 Å². The highest BCUT2D eigenvalue weighted by molar-refractivity contribution is 5.82. The number of hydrogen-bond donors (Lipinski definition) is 1. The second kappa shape index (κ2) is 3.01. The van der Waals surface area contributed by atoms with Gasteiger partial charge < -0.3 is 4.98 Å². The van der Waals surface area contributed by atoms with Gasteiger partial charge >= 0.3 is 11.4 Å². The average molecular weight is 208 g/mol. The molecule has 0 aliphatic carbocycles. The fourth-order valence-corrected chi connectivity index (χ4v) is 1.25. The van der Waals surface area contributed by atoms with E-state index in [1.165, 1.54) is 6.33 Å². The first-order chi connectivity index (χ1) is 7.09. The highest BCUT2D eigenvalue weighted by atomic mass is 16.6. The van der Waals surface area contributed by atoms with Gasteiger partial charge in [-0.2, -0.15) is 0 Å². The largest absolute Gasteiger partial charge is 0.348 e. The van der Waals surface area contributed by atoms with Gasteiger partial charge in [0, 0.05) is 6.07 Å². The van der Waals surface area contributed by atoms with E-state index < -0.39 is 21.2 Å². The second-order valence-electron chi connectivity index (χ2n) is 2.77. The Hall–Kier alpha value is -2.51. The van der Waals surface area contributed by atoms with Crippen molar-refractivity contribution in [1.29, 1.82) is 0 Å². The molecule has 1 heterocycles. The molecule has 2 aromatic rings. The Bertz CT molecular complexity index is 513. The summed E-state index contributed by atoms with van der Waals surface area (Å²) in [6.07, 6.45) is 1.32. The van der Waals surface area contributed by atoms with Crippen LogP contribution in [0.15, 0.2) is 18.5 Å². The Kier molecular flexibility index (Phi) is 1.82. The molecule has 15 heavy (non-hydrogen) atoms. The molecule has 0 aliphatic rings. The number of benzene rings is 1. The number of aromatic nitrogens is 2. The maximum atomic E-state index is 10.6. The van der Waals surface area contributed by atoms with E-state index >= 15 is 0 Å². The van der Waals surface area contributed by atoms with Crippen molar-refractivity contribution in [3.63, 3.8) is 0 Å². The summed E-state index contributed by atoms with van der Waals surface area (Å²) in [6.45, 7) is 0. The minimum atomic E-state index is -0.799. The molecule has 0 aliphatic heterocycles. The lowest BCUT2D eigenvalue weighted by Crippen LogP contribution is -1.96. The molecule has 8 nitrogen and oxygen atoms in total. The van der Waals surface area contributed by atoms with Crippen LogP contribution in [-0.2, 0) is 0 Å². The maximum absolute atomic E-state index is 10.6. The van der Waals surface area contributed by atoms with Gasteiger partial charge in [0.1, 0.15) is 0 Å². The predicted molar refractivity (Wildman–Crippen MR) is 49.4 cm³/mol. The van der Waals surface area contributed by atoms with E-state index in [9.17, 15) is 20.2 Å². The Labute approximate surface area is 81.8 Å². The quantitative estimate of drug-likeness (QED) is 0.591. The third-order valence-electron chi connectivity index (χ3n) is 1.91. The summed E-state index contributed by atoms with van der Waals surface area (Å²) in [5.41, 5.74) is -0.379. The molecule has 0 unspecified atom stereocenters. The summed E-state index contributed by atoms with van der Waals surface area (Å²) in [5, 5.41) is 21.1. The Morgan fingerprint density at radius 3 is 2.33 bits per heavy atom. The van der Waals surface area contributed by atoms with Crippen LogP contribution in [-0.4, -0.2) is 19.8 Å². The molecule has 0 saturated heterocycles. The minimum absolute atomic E-state index is 0.326. The van der Waals surface area contributed by atoms with Gasteiger partial charge in [-0.1, -0.05) is 0 Å². The summed E-state index contributed by atoms with van der Waals surface area (Å²) < 4.78 is 0. The Morgan fingerprint density at radius 1 is 1.13 bits per heavy atom. The van der Waals surface area contributed by atoms with Crippen LogP contribution in [0.25, 0.3) is 11.0 Å². The molecule has 1 aromatic carbocycles. The first kappa shape index (κ1) is 9.06. The Morgan fingerprint density at radius 2 is 1.73 bits per heavy atom. The highest BCUT2D eigenvalue weighted by Gasteiger charge is 2.25. The summed E-state index contributed by atoms with van der Waals surface area (Å²) >= 11 is 0. The lowest BCUT2D eigenvalue weighted by molar-refractivity contribution is -0.422. The first-order valence-electron chi connectivity index (χ1n) is 3.85. The molecular weight excluding hydrogens is 204 g/mol. The van der Waals surface area contributed by atoms with Gasteiger partial charge in [0.05, 0.1) is 33.3 Å². The molecule has 0 atom stereocenters. The Balaban J connectivity index is 2.79. The van der Waals surface area contributed by atoms with Gasteiger partial charge in [-0.3, -0.25) is 20.2 Å². The number of aromatic amines is 1. The van der Waals surface area contributed by atoms with Crippen molar-refractivity contribution in [2.75, 3.05) is 0 Å². The maximum Gasteiger partial charge on any atom is 0.348 e. The fraction of sp³-hybridized carbons (Fsp3) is 0. The molecule has 0 saturated carbocycles. The van der Waals surface area contributed by atoms with E-state index in [4.69, 9.17) is 0 Å². The molecular formula is C7H4N4O4. The molecule has 0 radical (unpaired) electrons. The number of nitrogens with one attached hydrogen (secondary N) is 1. The van der Waals surface area contributed by atoms with Crippen LogP contribution < -0.4 is 0 Å². The molecule has 0 spiro atoms. The van der Waals surface area contributed by atoms with Crippen molar-refractivity contribution in [2.24, 2.45) is 0 Å². The van der Waals surface area contributed by atoms with Crippen molar-refractivity contribution in [1.82, 2.24) is 9.97 Å². The third-order valence-corrected chi connectivity index (χ3v) is 1.91. The molecule has 8 heteroatoms. The van der Waals surface area contributed by atoms with Crippen LogP contribution in [0, 0.1) is 20.2 Å². The van der Waals surface area contributed by atoms with Gasteiger partial charge in [0.25, 0.3) is 0 Å². The lowest BCUT2D eigenvalue weighted by atomic mass is 10.2. The molecule has 0 fully saturated rings. The number of H-pyrrole nitrogens is 1. The zero-order valence-corrected chi connectivity index (χ0v) is 7.21. The summed E-state index contributed by atoms with van der Waals surface area (Å²) in [5.74, 6) is 0. The number of nitro benzene ring substituents is 2. The van der Waals surface area contributed by atoms with Crippen LogP contribution >= 0.6 is 0 Å². The first-order valence-corrected chi connectivity index (χ1v) is 3.85. The van der Waals surface area contributed by atoms with Crippen molar-refractivity contribution in [2.45, 2.75) is 0 Å². The van der Waals surface area contributed by atoms with E-state index in [0.29, 0.717) is 11.0 Å². The fourth-order valence-electron chi connectivity index (χ4n) is 1.25.